The first kappa shape index (κ1) is 16.3. The summed E-state index contributed by atoms with van der Waals surface area (Å²) in [5.41, 5.74) is 5.04. The monoisotopic (exact) mass is 337 g/mol. The Kier molecular flexibility index (Phi) is 4.68. The Morgan fingerprint density at radius 3 is 2.96 bits per heavy atom. The van der Waals surface area contributed by atoms with Crippen LogP contribution in [0.3, 0.4) is 0 Å². The average Bonchev–Trinajstić information content (AvgIpc) is 3.30. The number of aromatic nitrogens is 2. The first-order chi connectivity index (χ1) is 11.6. The van der Waals surface area contributed by atoms with E-state index in [4.69, 9.17) is 4.42 Å². The van der Waals surface area contributed by atoms with Crippen LogP contribution in [0.1, 0.15) is 35.5 Å². The van der Waals surface area contributed by atoms with Gasteiger partial charge in [0.2, 0.25) is 0 Å². The van der Waals surface area contributed by atoms with Crippen LogP contribution in [0.15, 0.2) is 34.3 Å². The van der Waals surface area contributed by atoms with E-state index in [9.17, 15) is 5.26 Å². The molecule has 0 aliphatic carbocycles. The molecule has 122 valence electrons. The van der Waals surface area contributed by atoms with Gasteiger partial charge in [-0.1, -0.05) is 6.92 Å². The zero-order valence-electron chi connectivity index (χ0n) is 14.0. The molecule has 0 aromatic carbocycles. The Balaban J connectivity index is 1.97. The van der Waals surface area contributed by atoms with Crippen molar-refractivity contribution in [1.82, 2.24) is 9.55 Å². The van der Waals surface area contributed by atoms with E-state index < -0.39 is 0 Å². The summed E-state index contributed by atoms with van der Waals surface area (Å²) in [7, 11) is 0. The summed E-state index contributed by atoms with van der Waals surface area (Å²) in [4.78, 5) is 4.68. The van der Waals surface area contributed by atoms with Crippen LogP contribution in [-0.2, 0) is 6.54 Å². The Bertz CT molecular complexity index is 907. The summed E-state index contributed by atoms with van der Waals surface area (Å²) >= 11 is 1.48. The van der Waals surface area contributed by atoms with E-state index in [0.29, 0.717) is 16.3 Å². The van der Waals surface area contributed by atoms with E-state index in [-0.39, 0.29) is 0 Å². The molecule has 0 aliphatic rings. The smallest absolute Gasteiger partial charge is 0.134 e. The van der Waals surface area contributed by atoms with E-state index in [1.54, 1.807) is 18.4 Å². The highest BCUT2D eigenvalue weighted by molar-refractivity contribution is 7.11. The molecule has 0 amide bonds. The molecule has 0 saturated heterocycles. The summed E-state index contributed by atoms with van der Waals surface area (Å²) < 4.78 is 7.61. The lowest BCUT2D eigenvalue weighted by molar-refractivity contribution is 0.557. The molecule has 3 aromatic heterocycles. The fourth-order valence-electron chi connectivity index (χ4n) is 2.81. The summed E-state index contributed by atoms with van der Waals surface area (Å²) in [6.45, 7) is 7.44. The predicted molar refractivity (Wildman–Crippen MR) is 97.5 cm³/mol. The van der Waals surface area contributed by atoms with Crippen molar-refractivity contribution in [1.29, 1.82) is 5.26 Å². The maximum Gasteiger partial charge on any atom is 0.134 e. The molecule has 0 fully saturated rings. The van der Waals surface area contributed by atoms with Crippen LogP contribution in [0.25, 0.3) is 22.9 Å². The minimum Gasteiger partial charge on any atom is -0.465 e. The molecule has 3 heterocycles. The topological polar surface area (TPSA) is 54.8 Å². The predicted octanol–water partition coefficient (Wildman–Crippen LogP) is 5.30. The third-order valence-electron chi connectivity index (χ3n) is 3.98. The Labute approximate surface area is 145 Å². The summed E-state index contributed by atoms with van der Waals surface area (Å²) in [6, 6.07) is 8.02. The number of aryl methyl sites for hydroxylation is 1. The van der Waals surface area contributed by atoms with Gasteiger partial charge >= 0.3 is 0 Å². The van der Waals surface area contributed by atoms with Gasteiger partial charge in [0, 0.05) is 35.0 Å². The molecule has 0 spiro atoms. The Morgan fingerprint density at radius 1 is 1.46 bits per heavy atom. The lowest BCUT2D eigenvalue weighted by Gasteiger charge is -2.07. The maximum atomic E-state index is 9.43. The van der Waals surface area contributed by atoms with Crippen LogP contribution in [0.4, 0.5) is 0 Å². The number of hydrogen-bond acceptors (Lipinski definition) is 4. The maximum absolute atomic E-state index is 9.43. The summed E-state index contributed by atoms with van der Waals surface area (Å²) in [5.74, 6) is 0.657. The van der Waals surface area contributed by atoms with Crippen LogP contribution in [0.5, 0.6) is 0 Å². The Hall–Kier alpha value is -2.58. The molecule has 0 aliphatic heterocycles. The standard InChI is InChI=1S/C19H19N3OS/c1-4-7-22-13(2)9-17(14(22)3)18-12-24-19(21-18)15(11-20)10-16-6-5-8-23-16/h5-6,8-10,12H,4,7H2,1-3H3/b15-10+. The molecular weight excluding hydrogens is 318 g/mol. The van der Waals surface area contributed by atoms with Gasteiger partial charge in [0.05, 0.1) is 17.5 Å². The van der Waals surface area contributed by atoms with Crippen LogP contribution in [-0.4, -0.2) is 9.55 Å². The van der Waals surface area contributed by atoms with Gasteiger partial charge in [-0.25, -0.2) is 4.98 Å². The molecule has 0 unspecified atom stereocenters. The molecular formula is C19H19N3OS. The lowest BCUT2D eigenvalue weighted by atomic mass is 10.2. The van der Waals surface area contributed by atoms with Crippen LogP contribution < -0.4 is 0 Å². The van der Waals surface area contributed by atoms with E-state index in [1.807, 2.05) is 11.4 Å². The molecule has 4 nitrogen and oxygen atoms in total. The van der Waals surface area contributed by atoms with E-state index in [1.165, 1.54) is 22.7 Å². The molecule has 3 rings (SSSR count). The van der Waals surface area contributed by atoms with E-state index >= 15 is 0 Å². The molecule has 0 bridgehead atoms. The van der Waals surface area contributed by atoms with Crippen molar-refractivity contribution in [3.05, 3.63) is 52.0 Å². The number of furan rings is 1. The van der Waals surface area contributed by atoms with E-state index in [0.717, 1.165) is 24.2 Å². The van der Waals surface area contributed by atoms with Crippen molar-refractivity contribution >= 4 is 23.0 Å². The van der Waals surface area contributed by atoms with Crippen molar-refractivity contribution < 1.29 is 4.42 Å². The highest BCUT2D eigenvalue weighted by Crippen LogP contribution is 2.31. The Morgan fingerprint density at radius 2 is 2.29 bits per heavy atom. The molecule has 0 atom stereocenters. The highest BCUT2D eigenvalue weighted by Gasteiger charge is 2.15. The normalized spacial score (nSPS) is 11.7. The fraction of sp³-hybridized carbons (Fsp3) is 0.263. The van der Waals surface area contributed by atoms with Crippen molar-refractivity contribution in [2.24, 2.45) is 0 Å². The molecule has 0 radical (unpaired) electrons. The molecule has 0 saturated carbocycles. The molecule has 24 heavy (non-hydrogen) atoms. The first-order valence-corrected chi connectivity index (χ1v) is 8.80. The van der Waals surface area contributed by atoms with Crippen LogP contribution in [0, 0.1) is 25.2 Å². The van der Waals surface area contributed by atoms with Gasteiger partial charge in [-0.3, -0.25) is 0 Å². The van der Waals surface area contributed by atoms with Crippen molar-refractivity contribution in [2.75, 3.05) is 0 Å². The second kappa shape index (κ2) is 6.90. The first-order valence-electron chi connectivity index (χ1n) is 7.92. The second-order valence-corrected chi connectivity index (χ2v) is 6.52. The fourth-order valence-corrected chi connectivity index (χ4v) is 3.59. The quantitative estimate of drug-likeness (QED) is 0.594. The number of thiazole rings is 1. The minimum absolute atomic E-state index is 0.517. The number of nitriles is 1. The number of nitrogens with zero attached hydrogens (tertiary/aromatic N) is 3. The summed E-state index contributed by atoms with van der Waals surface area (Å²) in [5, 5.41) is 12.2. The van der Waals surface area contributed by atoms with Crippen molar-refractivity contribution in [3.63, 3.8) is 0 Å². The van der Waals surface area contributed by atoms with Crippen molar-refractivity contribution in [2.45, 2.75) is 33.7 Å². The minimum atomic E-state index is 0.517. The summed E-state index contributed by atoms with van der Waals surface area (Å²) in [6.07, 6.45) is 4.42. The van der Waals surface area contributed by atoms with Gasteiger partial charge in [0.15, 0.2) is 0 Å². The van der Waals surface area contributed by atoms with Gasteiger partial charge in [-0.05, 0) is 38.5 Å². The lowest BCUT2D eigenvalue weighted by Crippen LogP contribution is -2.01. The molecule has 5 heteroatoms. The van der Waals surface area contributed by atoms with Crippen molar-refractivity contribution in [3.8, 4) is 17.3 Å². The van der Waals surface area contributed by atoms with Gasteiger partial charge in [-0.2, -0.15) is 5.26 Å². The highest BCUT2D eigenvalue weighted by atomic mass is 32.1. The van der Waals surface area contributed by atoms with Gasteiger partial charge < -0.3 is 8.98 Å². The average molecular weight is 337 g/mol. The van der Waals surface area contributed by atoms with E-state index in [2.05, 4.69) is 42.5 Å². The second-order valence-electron chi connectivity index (χ2n) is 5.66. The van der Waals surface area contributed by atoms with Crippen LogP contribution >= 0.6 is 11.3 Å². The largest absolute Gasteiger partial charge is 0.465 e. The third-order valence-corrected chi connectivity index (χ3v) is 4.86. The SMILES string of the molecule is CCCn1c(C)cc(-c2csc(/C(C#N)=C/c3ccco3)n2)c1C. The third kappa shape index (κ3) is 3.06. The molecule has 3 aromatic rings. The van der Waals surface area contributed by atoms with Crippen LogP contribution in [0.2, 0.25) is 0 Å². The zero-order valence-corrected chi connectivity index (χ0v) is 14.9. The number of hydrogen-bond donors (Lipinski definition) is 0. The number of rotatable bonds is 5. The molecule has 0 N–H and O–H groups in total. The zero-order chi connectivity index (χ0) is 17.1. The van der Waals surface area contributed by atoms with Gasteiger partial charge in [-0.15, -0.1) is 11.3 Å². The number of allylic oxidation sites excluding steroid dienone is 1. The van der Waals surface area contributed by atoms with Gasteiger partial charge in [0.25, 0.3) is 0 Å². The van der Waals surface area contributed by atoms with Gasteiger partial charge in [0.1, 0.15) is 16.8 Å².